The predicted octanol–water partition coefficient (Wildman–Crippen LogP) is 5.74. The minimum absolute atomic E-state index is 0.775. The second-order valence-corrected chi connectivity index (χ2v) is 3.95. The first-order valence-electron chi connectivity index (χ1n) is 5.92. The van der Waals surface area contributed by atoms with E-state index in [-0.39, 0.29) is 0 Å². The van der Waals surface area contributed by atoms with Crippen LogP contribution in [0.1, 0.15) is 0 Å². The van der Waals surface area contributed by atoms with Crippen molar-refractivity contribution in [2.24, 2.45) is 10.2 Å². The summed E-state index contributed by atoms with van der Waals surface area (Å²) in [5.41, 5.74) is 1.62. The summed E-state index contributed by atoms with van der Waals surface area (Å²) in [7, 11) is 4.49. The van der Waals surface area contributed by atoms with Gasteiger partial charge in [0.25, 0.3) is 0 Å². The SMILES string of the molecule is [Cl][Pd+].[c-]1ccc2ccccc2c1N=Nc1ccccc1. The van der Waals surface area contributed by atoms with Crippen molar-refractivity contribution in [2.75, 3.05) is 0 Å². The molecule has 102 valence electrons. The van der Waals surface area contributed by atoms with Gasteiger partial charge in [-0.25, -0.2) is 0 Å². The summed E-state index contributed by atoms with van der Waals surface area (Å²) in [6.45, 7) is 0. The Labute approximate surface area is 132 Å². The normalized spacial score (nSPS) is 10.3. The first kappa shape index (κ1) is 14.9. The summed E-state index contributed by atoms with van der Waals surface area (Å²) in [5.74, 6) is 0. The third kappa shape index (κ3) is 3.74. The van der Waals surface area contributed by atoms with E-state index in [1.165, 1.54) is 0 Å². The molecule has 0 radical (unpaired) electrons. The molecule has 0 heterocycles. The van der Waals surface area contributed by atoms with Gasteiger partial charge in [-0.2, -0.15) is 28.4 Å². The molecule has 0 fully saturated rings. The van der Waals surface area contributed by atoms with Gasteiger partial charge in [0.05, 0.1) is 5.69 Å². The van der Waals surface area contributed by atoms with Crippen molar-refractivity contribution in [2.45, 2.75) is 0 Å². The summed E-state index contributed by atoms with van der Waals surface area (Å²) in [5, 5.41) is 10.7. The molecule has 0 atom stereocenters. The molecule has 2 nitrogen and oxygen atoms in total. The maximum atomic E-state index is 4.49. The first-order chi connectivity index (χ1) is 9.93. The van der Waals surface area contributed by atoms with E-state index in [9.17, 15) is 0 Å². The number of halogens is 1. The average molecular weight is 373 g/mol. The number of nitrogens with zero attached hydrogens (tertiary/aromatic N) is 2. The van der Waals surface area contributed by atoms with Gasteiger partial charge in [-0.1, -0.05) is 36.4 Å². The smallest absolute Gasteiger partial charge is 0.0856 e. The van der Waals surface area contributed by atoms with E-state index in [1.54, 1.807) is 0 Å². The minimum atomic E-state index is 0.775. The topological polar surface area (TPSA) is 24.7 Å². The zero-order valence-corrected chi connectivity index (χ0v) is 12.8. The van der Waals surface area contributed by atoms with Crippen molar-refractivity contribution in [1.82, 2.24) is 0 Å². The Morgan fingerprint density at radius 1 is 0.800 bits per heavy atom. The minimum Gasteiger partial charge on any atom is -0.177 e. The van der Waals surface area contributed by atoms with E-state index in [0.29, 0.717) is 0 Å². The average Bonchev–Trinajstić information content (AvgIpc) is 2.56. The van der Waals surface area contributed by atoms with Gasteiger partial charge in [0.15, 0.2) is 0 Å². The van der Waals surface area contributed by atoms with Crippen molar-refractivity contribution in [1.29, 1.82) is 0 Å². The van der Waals surface area contributed by atoms with Crippen molar-refractivity contribution in [3.05, 3.63) is 72.8 Å². The molecular weight excluding hydrogens is 362 g/mol. The quantitative estimate of drug-likeness (QED) is 0.311. The Morgan fingerprint density at radius 2 is 1.50 bits per heavy atom. The molecule has 3 aromatic rings. The fourth-order valence-corrected chi connectivity index (χ4v) is 1.83. The van der Waals surface area contributed by atoms with E-state index >= 15 is 0 Å². The zero-order valence-electron chi connectivity index (χ0n) is 10.4. The molecule has 0 aromatic heterocycles. The maximum absolute atomic E-state index is 4.49. The summed E-state index contributed by atoms with van der Waals surface area (Å²) in [4.78, 5) is 0. The molecule has 4 heteroatoms. The molecule has 0 bridgehead atoms. The summed E-state index contributed by atoms with van der Waals surface area (Å²) in [6, 6.07) is 24.8. The standard InChI is InChI=1S/C16H11N2.ClH.Pd/c1-2-9-14(10-3-1)17-18-16-12-6-8-13-7-4-5-11-15(13)16;;/h1-11H;1H;/q-1;;+2/p-1. The first-order valence-corrected chi connectivity index (χ1v) is 7.92. The third-order valence-corrected chi connectivity index (χ3v) is 2.72. The Morgan fingerprint density at radius 3 is 2.30 bits per heavy atom. The van der Waals surface area contributed by atoms with Gasteiger partial charge < -0.3 is 0 Å². The van der Waals surface area contributed by atoms with Crippen LogP contribution >= 0.6 is 9.53 Å². The largest absolute Gasteiger partial charge is 0.177 e. The van der Waals surface area contributed by atoms with Crippen LogP contribution in [-0.2, 0) is 18.2 Å². The van der Waals surface area contributed by atoms with Gasteiger partial charge in [-0.3, -0.25) is 0 Å². The number of benzene rings is 3. The zero-order chi connectivity index (χ0) is 14.2. The van der Waals surface area contributed by atoms with Crippen LogP contribution in [0, 0.1) is 6.07 Å². The number of azo groups is 1. The van der Waals surface area contributed by atoms with E-state index < -0.39 is 0 Å². The Kier molecular flexibility index (Phi) is 5.89. The molecule has 0 saturated carbocycles. The molecule has 0 aliphatic heterocycles. The molecule has 0 spiro atoms. The molecule has 0 aliphatic rings. The van der Waals surface area contributed by atoms with Crippen LogP contribution in [0.5, 0.6) is 0 Å². The molecule has 0 saturated heterocycles. The Balaban J connectivity index is 0.000000704. The van der Waals surface area contributed by atoms with Crippen molar-refractivity contribution >= 4 is 31.7 Å². The molecule has 3 aromatic carbocycles. The van der Waals surface area contributed by atoms with Crippen LogP contribution in [0.2, 0.25) is 0 Å². The Bertz CT molecular complexity index is 694. The van der Waals surface area contributed by atoms with E-state index in [2.05, 4.69) is 50.1 Å². The van der Waals surface area contributed by atoms with Crippen LogP contribution in [0.15, 0.2) is 77.0 Å². The summed E-state index contributed by atoms with van der Waals surface area (Å²) in [6.07, 6.45) is 0. The van der Waals surface area contributed by atoms with Gasteiger partial charge in [-0.05, 0) is 17.8 Å². The summed E-state index contributed by atoms with van der Waals surface area (Å²) < 4.78 is 0. The van der Waals surface area contributed by atoms with Crippen molar-refractivity contribution < 1.29 is 18.2 Å². The molecule has 0 aliphatic carbocycles. The Hall–Kier alpha value is -1.53. The molecule has 0 N–H and O–H groups in total. The summed E-state index contributed by atoms with van der Waals surface area (Å²) >= 11 is 2.22. The van der Waals surface area contributed by atoms with Crippen LogP contribution < -0.4 is 0 Å². The molecule has 20 heavy (non-hydrogen) atoms. The van der Waals surface area contributed by atoms with Gasteiger partial charge in [0.1, 0.15) is 0 Å². The number of hydrogen-bond acceptors (Lipinski definition) is 2. The van der Waals surface area contributed by atoms with Crippen molar-refractivity contribution in [3.63, 3.8) is 0 Å². The second kappa shape index (κ2) is 7.92. The van der Waals surface area contributed by atoms with Gasteiger partial charge in [0.2, 0.25) is 0 Å². The van der Waals surface area contributed by atoms with Crippen molar-refractivity contribution in [3.8, 4) is 0 Å². The number of rotatable bonds is 2. The van der Waals surface area contributed by atoms with E-state index in [0.717, 1.165) is 22.1 Å². The maximum Gasteiger partial charge on any atom is 0.0856 e. The molecule has 3 rings (SSSR count). The predicted molar refractivity (Wildman–Crippen MR) is 79.3 cm³/mol. The number of fused-ring (bicyclic) bond motifs is 1. The molecule has 0 unspecified atom stereocenters. The fraction of sp³-hybridized carbons (Fsp3) is 0. The van der Waals surface area contributed by atoms with Gasteiger partial charge in [-0.15, -0.1) is 16.8 Å². The van der Waals surface area contributed by atoms with Gasteiger partial charge in [0, 0.05) is 0 Å². The fourth-order valence-electron chi connectivity index (χ4n) is 1.83. The third-order valence-electron chi connectivity index (χ3n) is 2.72. The molecule has 0 amide bonds. The van der Waals surface area contributed by atoms with Crippen LogP contribution in [-0.4, -0.2) is 0 Å². The molecular formula is C16H11ClN2Pd. The van der Waals surface area contributed by atoms with E-state index in [1.807, 2.05) is 60.7 Å². The van der Waals surface area contributed by atoms with Gasteiger partial charge >= 0.3 is 27.7 Å². The van der Waals surface area contributed by atoms with Crippen LogP contribution in [0.25, 0.3) is 10.8 Å². The van der Waals surface area contributed by atoms with Crippen LogP contribution in [0.4, 0.5) is 11.4 Å². The second-order valence-electron chi connectivity index (χ2n) is 3.95. The number of hydrogen-bond donors (Lipinski definition) is 0. The monoisotopic (exact) mass is 372 g/mol. The van der Waals surface area contributed by atoms with E-state index in [4.69, 9.17) is 0 Å². The van der Waals surface area contributed by atoms with Crippen LogP contribution in [0.3, 0.4) is 0 Å².